The number of nitrogens with two attached hydrogens (primary N) is 1. The number of amidine groups is 1. The van der Waals surface area contributed by atoms with Gasteiger partial charge in [0.1, 0.15) is 0 Å². The van der Waals surface area contributed by atoms with Gasteiger partial charge in [0, 0.05) is 13.1 Å². The Hall–Kier alpha value is -0.810. The molecule has 4 N–H and O–H groups in total. The van der Waals surface area contributed by atoms with Gasteiger partial charge in [-0.1, -0.05) is 12.1 Å². The van der Waals surface area contributed by atoms with Crippen molar-refractivity contribution < 1.29 is 10.3 Å². The Morgan fingerprint density at radius 3 is 2.93 bits per heavy atom. The molecule has 1 fully saturated rings. The Labute approximate surface area is 84.2 Å². The van der Waals surface area contributed by atoms with E-state index in [9.17, 15) is 5.11 Å². The maximum atomic E-state index is 9.64. The van der Waals surface area contributed by atoms with Crippen molar-refractivity contribution in [2.75, 3.05) is 19.6 Å². The van der Waals surface area contributed by atoms with E-state index in [1.807, 2.05) is 0 Å². The van der Waals surface area contributed by atoms with Crippen LogP contribution in [0, 0.1) is 5.92 Å². The molecule has 1 aliphatic rings. The van der Waals surface area contributed by atoms with Gasteiger partial charge in [0.2, 0.25) is 0 Å². The Bertz CT molecular complexity index is 208. The van der Waals surface area contributed by atoms with Gasteiger partial charge in [0.05, 0.1) is 12.6 Å². The summed E-state index contributed by atoms with van der Waals surface area (Å²) in [5.41, 5.74) is 5.42. The molecule has 0 amide bonds. The van der Waals surface area contributed by atoms with Crippen LogP contribution in [0.25, 0.3) is 0 Å². The molecule has 5 nitrogen and oxygen atoms in total. The molecule has 2 atom stereocenters. The molecule has 0 aromatic carbocycles. The Balaban J connectivity index is 2.42. The number of hydrogen-bond donors (Lipinski definition) is 3. The third-order valence-corrected chi connectivity index (χ3v) is 2.82. The van der Waals surface area contributed by atoms with E-state index in [0.717, 1.165) is 25.9 Å². The summed E-state index contributed by atoms with van der Waals surface area (Å²) in [7, 11) is 0. The average molecular weight is 201 g/mol. The molecule has 5 heteroatoms. The van der Waals surface area contributed by atoms with Crippen LogP contribution in [0.3, 0.4) is 0 Å². The minimum atomic E-state index is -0.191. The maximum Gasteiger partial charge on any atom is 0.153 e. The number of piperidine rings is 1. The highest BCUT2D eigenvalue weighted by atomic mass is 16.4. The third-order valence-electron chi connectivity index (χ3n) is 2.82. The Morgan fingerprint density at radius 1 is 1.64 bits per heavy atom. The van der Waals surface area contributed by atoms with Gasteiger partial charge in [0.15, 0.2) is 5.84 Å². The standard InChI is InChI=1S/C9H19N3O2/c1-2-7-5-12(4-3-8(7)13)6-9(10)11-14/h7-8,13-14H,2-6H2,1H3,(H2,10,11)/t7-,8-/m0/s1. The number of oxime groups is 1. The summed E-state index contributed by atoms with van der Waals surface area (Å²) in [5.74, 6) is 0.548. The van der Waals surface area contributed by atoms with E-state index in [-0.39, 0.29) is 11.9 Å². The van der Waals surface area contributed by atoms with E-state index in [0.29, 0.717) is 12.5 Å². The minimum Gasteiger partial charge on any atom is -0.409 e. The molecule has 0 bridgehead atoms. The average Bonchev–Trinajstić information content (AvgIpc) is 2.20. The van der Waals surface area contributed by atoms with Crippen LogP contribution < -0.4 is 5.73 Å². The molecule has 82 valence electrons. The van der Waals surface area contributed by atoms with Crippen molar-refractivity contribution >= 4 is 5.84 Å². The summed E-state index contributed by atoms with van der Waals surface area (Å²) in [6.45, 7) is 4.20. The van der Waals surface area contributed by atoms with Gasteiger partial charge in [0.25, 0.3) is 0 Å². The Morgan fingerprint density at radius 2 is 2.36 bits per heavy atom. The quantitative estimate of drug-likeness (QED) is 0.256. The van der Waals surface area contributed by atoms with Gasteiger partial charge in [-0.25, -0.2) is 0 Å². The van der Waals surface area contributed by atoms with Crippen LogP contribution in [0.1, 0.15) is 19.8 Å². The van der Waals surface area contributed by atoms with Gasteiger partial charge in [-0.05, 0) is 18.8 Å². The van der Waals surface area contributed by atoms with Crippen LogP contribution in [0.15, 0.2) is 5.16 Å². The van der Waals surface area contributed by atoms with Crippen molar-refractivity contribution in [1.82, 2.24) is 4.90 Å². The molecule has 0 radical (unpaired) electrons. The summed E-state index contributed by atoms with van der Waals surface area (Å²) in [4.78, 5) is 2.11. The number of hydrogen-bond acceptors (Lipinski definition) is 4. The van der Waals surface area contributed by atoms with Crippen molar-refractivity contribution in [1.29, 1.82) is 0 Å². The zero-order valence-electron chi connectivity index (χ0n) is 8.56. The van der Waals surface area contributed by atoms with Crippen molar-refractivity contribution in [3.63, 3.8) is 0 Å². The molecule has 0 unspecified atom stereocenters. The van der Waals surface area contributed by atoms with E-state index >= 15 is 0 Å². The lowest BCUT2D eigenvalue weighted by Gasteiger charge is -2.35. The zero-order valence-corrected chi connectivity index (χ0v) is 8.56. The summed E-state index contributed by atoms with van der Waals surface area (Å²) >= 11 is 0. The van der Waals surface area contributed by atoms with Gasteiger partial charge < -0.3 is 16.0 Å². The molecule has 1 heterocycles. The van der Waals surface area contributed by atoms with E-state index in [4.69, 9.17) is 10.9 Å². The largest absolute Gasteiger partial charge is 0.409 e. The second-order valence-corrected chi connectivity index (χ2v) is 3.85. The first kappa shape index (κ1) is 11.3. The smallest absolute Gasteiger partial charge is 0.153 e. The number of rotatable bonds is 3. The topological polar surface area (TPSA) is 82.1 Å². The van der Waals surface area contributed by atoms with Crippen molar-refractivity contribution in [3.8, 4) is 0 Å². The van der Waals surface area contributed by atoms with Crippen LogP contribution in [0.2, 0.25) is 0 Å². The lowest BCUT2D eigenvalue weighted by Crippen LogP contribution is -2.46. The van der Waals surface area contributed by atoms with Crippen LogP contribution in [0.5, 0.6) is 0 Å². The Kier molecular flexibility index (Phi) is 4.16. The molecular weight excluding hydrogens is 182 g/mol. The van der Waals surface area contributed by atoms with Crippen molar-refractivity contribution in [3.05, 3.63) is 0 Å². The molecule has 0 aliphatic carbocycles. The molecule has 1 rings (SSSR count). The molecule has 1 aliphatic heterocycles. The first-order valence-corrected chi connectivity index (χ1v) is 5.04. The fraction of sp³-hybridized carbons (Fsp3) is 0.889. The van der Waals surface area contributed by atoms with E-state index < -0.39 is 0 Å². The number of aliphatic hydroxyl groups is 1. The molecular formula is C9H19N3O2. The highest BCUT2D eigenvalue weighted by Crippen LogP contribution is 2.19. The predicted molar refractivity (Wildman–Crippen MR) is 54.3 cm³/mol. The van der Waals surface area contributed by atoms with Crippen LogP contribution in [-0.4, -0.2) is 46.8 Å². The van der Waals surface area contributed by atoms with Gasteiger partial charge >= 0.3 is 0 Å². The summed E-state index contributed by atoms with van der Waals surface area (Å²) in [6, 6.07) is 0. The first-order valence-electron chi connectivity index (χ1n) is 5.04. The maximum absolute atomic E-state index is 9.64. The molecule has 0 spiro atoms. The van der Waals surface area contributed by atoms with E-state index in [1.54, 1.807) is 0 Å². The van der Waals surface area contributed by atoms with Gasteiger partial charge in [-0.2, -0.15) is 0 Å². The number of aliphatic hydroxyl groups excluding tert-OH is 1. The van der Waals surface area contributed by atoms with Crippen LogP contribution >= 0.6 is 0 Å². The van der Waals surface area contributed by atoms with Gasteiger partial charge in [-0.15, -0.1) is 0 Å². The highest BCUT2D eigenvalue weighted by Gasteiger charge is 2.26. The van der Waals surface area contributed by atoms with Gasteiger partial charge in [-0.3, -0.25) is 4.90 Å². The van der Waals surface area contributed by atoms with Crippen molar-refractivity contribution in [2.45, 2.75) is 25.9 Å². The second-order valence-electron chi connectivity index (χ2n) is 3.85. The SMILES string of the molecule is CC[C@H]1CN(CC(N)=NO)CC[C@@H]1O. The van der Waals surface area contributed by atoms with Crippen LogP contribution in [0.4, 0.5) is 0 Å². The summed E-state index contributed by atoms with van der Waals surface area (Å²) < 4.78 is 0. The molecule has 0 aromatic rings. The minimum absolute atomic E-state index is 0.191. The third kappa shape index (κ3) is 2.85. The monoisotopic (exact) mass is 201 g/mol. The fourth-order valence-corrected chi connectivity index (χ4v) is 1.90. The predicted octanol–water partition coefficient (Wildman–Crippen LogP) is -0.174. The second kappa shape index (κ2) is 5.17. The lowest BCUT2D eigenvalue weighted by molar-refractivity contribution is 0.0306. The molecule has 1 saturated heterocycles. The molecule has 14 heavy (non-hydrogen) atoms. The normalized spacial score (nSPS) is 30.6. The zero-order chi connectivity index (χ0) is 10.6. The molecule has 0 aromatic heterocycles. The van der Waals surface area contributed by atoms with E-state index in [2.05, 4.69) is 17.0 Å². The fourth-order valence-electron chi connectivity index (χ4n) is 1.90. The first-order chi connectivity index (χ1) is 6.67. The van der Waals surface area contributed by atoms with Crippen LogP contribution in [-0.2, 0) is 0 Å². The van der Waals surface area contributed by atoms with Crippen molar-refractivity contribution in [2.24, 2.45) is 16.8 Å². The summed E-state index contributed by atoms with van der Waals surface area (Å²) in [5, 5.41) is 21.0. The number of nitrogens with zero attached hydrogens (tertiary/aromatic N) is 2. The highest BCUT2D eigenvalue weighted by molar-refractivity contribution is 5.81. The van der Waals surface area contributed by atoms with E-state index in [1.165, 1.54) is 0 Å². The molecule has 0 saturated carbocycles. The summed E-state index contributed by atoms with van der Waals surface area (Å²) in [6.07, 6.45) is 1.55. The number of likely N-dealkylation sites (tertiary alicyclic amines) is 1. The lowest BCUT2D eigenvalue weighted by atomic mass is 9.92.